The summed E-state index contributed by atoms with van der Waals surface area (Å²) < 4.78 is 2.37. The molecule has 4 heteroatoms. The quantitative estimate of drug-likeness (QED) is 0.693. The van der Waals surface area contributed by atoms with Crippen LogP contribution in [0.15, 0.2) is 22.7 Å². The molecule has 1 aliphatic rings. The number of nitrogens with zero attached hydrogens (tertiary/aromatic N) is 1. The van der Waals surface area contributed by atoms with E-state index in [2.05, 4.69) is 53.3 Å². The predicted molar refractivity (Wildman–Crippen MR) is 96.2 cm³/mol. The molecule has 1 aromatic heterocycles. The zero-order valence-electron chi connectivity index (χ0n) is 12.8. The maximum Gasteiger partial charge on any atom is 0.183 e. The molecule has 1 fully saturated rings. The minimum Gasteiger partial charge on any atom is -0.361 e. The van der Waals surface area contributed by atoms with Gasteiger partial charge in [0.25, 0.3) is 0 Å². The summed E-state index contributed by atoms with van der Waals surface area (Å²) in [7, 11) is 0. The van der Waals surface area contributed by atoms with E-state index in [0.717, 1.165) is 27.6 Å². The van der Waals surface area contributed by atoms with Crippen LogP contribution < -0.4 is 5.32 Å². The Morgan fingerprint density at radius 2 is 2.10 bits per heavy atom. The van der Waals surface area contributed by atoms with Crippen molar-refractivity contribution in [3.05, 3.63) is 22.7 Å². The normalized spacial score (nSPS) is 17.7. The Balaban J connectivity index is 1.72. The molecule has 1 aromatic carbocycles. The smallest absolute Gasteiger partial charge is 0.183 e. The first kappa shape index (κ1) is 15.3. The zero-order chi connectivity index (χ0) is 14.9. The number of halogens is 1. The van der Waals surface area contributed by atoms with Gasteiger partial charge in [-0.3, -0.25) is 0 Å². The Morgan fingerprint density at radius 3 is 2.81 bits per heavy atom. The topological polar surface area (TPSA) is 24.9 Å². The zero-order valence-corrected chi connectivity index (χ0v) is 15.2. The molecule has 1 heterocycles. The van der Waals surface area contributed by atoms with Crippen LogP contribution in [0.3, 0.4) is 0 Å². The lowest BCUT2D eigenvalue weighted by Crippen LogP contribution is -2.28. The summed E-state index contributed by atoms with van der Waals surface area (Å²) in [6, 6.07) is 6.29. The van der Waals surface area contributed by atoms with Crippen molar-refractivity contribution in [3.8, 4) is 0 Å². The second-order valence-electron chi connectivity index (χ2n) is 6.79. The number of hydrogen-bond donors (Lipinski definition) is 1. The van der Waals surface area contributed by atoms with E-state index in [4.69, 9.17) is 4.98 Å². The first-order valence-electron chi connectivity index (χ1n) is 7.86. The summed E-state index contributed by atoms with van der Waals surface area (Å²) in [5.74, 6) is 0.774. The third-order valence-electron chi connectivity index (χ3n) is 4.47. The van der Waals surface area contributed by atoms with Gasteiger partial charge in [-0.25, -0.2) is 4.98 Å². The third-order valence-corrected chi connectivity index (χ3v) is 5.94. The van der Waals surface area contributed by atoms with Crippen LogP contribution in [-0.4, -0.2) is 11.5 Å². The molecule has 1 N–H and O–H groups in total. The predicted octanol–water partition coefficient (Wildman–Crippen LogP) is 6.08. The van der Waals surface area contributed by atoms with Crippen molar-refractivity contribution in [3.63, 3.8) is 0 Å². The fourth-order valence-corrected chi connectivity index (χ4v) is 5.09. The van der Waals surface area contributed by atoms with Crippen molar-refractivity contribution < 1.29 is 0 Å². The van der Waals surface area contributed by atoms with Crippen molar-refractivity contribution in [2.45, 2.75) is 46.0 Å². The summed E-state index contributed by atoms with van der Waals surface area (Å²) in [5, 5.41) is 4.70. The van der Waals surface area contributed by atoms with Crippen molar-refractivity contribution >= 4 is 42.6 Å². The van der Waals surface area contributed by atoms with Gasteiger partial charge in [0.1, 0.15) is 0 Å². The second kappa shape index (κ2) is 6.25. The van der Waals surface area contributed by atoms with Crippen LogP contribution in [0.2, 0.25) is 0 Å². The minimum atomic E-state index is 0.493. The molecule has 0 aliphatic heterocycles. The van der Waals surface area contributed by atoms with Crippen LogP contribution in [0.1, 0.15) is 46.0 Å². The highest BCUT2D eigenvalue weighted by Gasteiger charge is 2.34. The molecule has 2 nitrogen and oxygen atoms in total. The summed E-state index contributed by atoms with van der Waals surface area (Å²) >= 11 is 5.29. The molecule has 114 valence electrons. The molecular weight excluding hydrogens is 344 g/mol. The number of benzene rings is 1. The molecule has 21 heavy (non-hydrogen) atoms. The Morgan fingerprint density at radius 1 is 1.33 bits per heavy atom. The molecule has 1 aliphatic carbocycles. The van der Waals surface area contributed by atoms with Gasteiger partial charge in [0.2, 0.25) is 0 Å². The van der Waals surface area contributed by atoms with Crippen LogP contribution in [0.4, 0.5) is 5.13 Å². The van der Waals surface area contributed by atoms with Gasteiger partial charge in [0, 0.05) is 11.0 Å². The number of thiazole rings is 1. The number of fused-ring (bicyclic) bond motifs is 1. The summed E-state index contributed by atoms with van der Waals surface area (Å²) in [5.41, 5.74) is 1.59. The molecule has 2 aromatic rings. The molecule has 1 saturated carbocycles. The van der Waals surface area contributed by atoms with Gasteiger partial charge in [-0.2, -0.15) is 0 Å². The van der Waals surface area contributed by atoms with Crippen molar-refractivity contribution in [1.82, 2.24) is 4.98 Å². The van der Waals surface area contributed by atoms with Gasteiger partial charge >= 0.3 is 0 Å². The standard InChI is InChI=1S/C17H23BrN2S/c1-12(2)10-17(7-3-4-8-17)11-19-16-20-14-6-5-13(18)9-15(14)21-16/h5-6,9,12H,3-4,7-8,10-11H2,1-2H3,(H,19,20). The number of aromatic nitrogens is 1. The summed E-state index contributed by atoms with van der Waals surface area (Å²) in [4.78, 5) is 4.71. The van der Waals surface area contributed by atoms with Gasteiger partial charge in [0.05, 0.1) is 10.2 Å². The molecule has 0 unspecified atom stereocenters. The number of anilines is 1. The summed E-state index contributed by atoms with van der Waals surface area (Å²) in [6.45, 7) is 5.76. The maximum atomic E-state index is 4.71. The van der Waals surface area contributed by atoms with Crippen LogP contribution >= 0.6 is 27.3 Å². The Bertz CT molecular complexity index is 614. The molecular formula is C17H23BrN2S. The van der Waals surface area contributed by atoms with E-state index >= 15 is 0 Å². The largest absolute Gasteiger partial charge is 0.361 e. The fraction of sp³-hybridized carbons (Fsp3) is 0.588. The van der Waals surface area contributed by atoms with Crippen molar-refractivity contribution in [2.24, 2.45) is 11.3 Å². The molecule has 0 atom stereocenters. The Hall–Kier alpha value is -0.610. The lowest BCUT2D eigenvalue weighted by Gasteiger charge is -2.31. The van der Waals surface area contributed by atoms with Crippen LogP contribution in [0, 0.1) is 11.3 Å². The third kappa shape index (κ3) is 3.59. The van der Waals surface area contributed by atoms with Crippen molar-refractivity contribution in [1.29, 1.82) is 0 Å². The van der Waals surface area contributed by atoms with E-state index in [1.165, 1.54) is 36.8 Å². The number of hydrogen-bond acceptors (Lipinski definition) is 3. The number of rotatable bonds is 5. The molecule has 3 rings (SSSR count). The highest BCUT2D eigenvalue weighted by Crippen LogP contribution is 2.43. The van der Waals surface area contributed by atoms with Gasteiger partial charge in [0.15, 0.2) is 5.13 Å². The lowest BCUT2D eigenvalue weighted by molar-refractivity contribution is 0.252. The van der Waals surface area contributed by atoms with Gasteiger partial charge in [-0.1, -0.05) is 54.0 Å². The van der Waals surface area contributed by atoms with Crippen LogP contribution in [0.25, 0.3) is 10.2 Å². The molecule has 0 radical (unpaired) electrons. The first-order valence-corrected chi connectivity index (χ1v) is 9.47. The van der Waals surface area contributed by atoms with E-state index in [1.807, 2.05) is 0 Å². The average Bonchev–Trinajstić information content (AvgIpc) is 3.02. The monoisotopic (exact) mass is 366 g/mol. The van der Waals surface area contributed by atoms with Gasteiger partial charge < -0.3 is 5.32 Å². The highest BCUT2D eigenvalue weighted by molar-refractivity contribution is 9.10. The Kier molecular flexibility index (Phi) is 4.55. The van der Waals surface area contributed by atoms with E-state index in [-0.39, 0.29) is 0 Å². The van der Waals surface area contributed by atoms with E-state index in [0.29, 0.717) is 5.41 Å². The van der Waals surface area contributed by atoms with E-state index in [1.54, 1.807) is 11.3 Å². The molecule has 0 bridgehead atoms. The van der Waals surface area contributed by atoms with Gasteiger partial charge in [-0.05, 0) is 48.8 Å². The fourth-order valence-electron chi connectivity index (χ4n) is 3.68. The van der Waals surface area contributed by atoms with E-state index in [9.17, 15) is 0 Å². The highest BCUT2D eigenvalue weighted by atomic mass is 79.9. The van der Waals surface area contributed by atoms with Crippen LogP contribution in [-0.2, 0) is 0 Å². The molecule has 0 saturated heterocycles. The average molecular weight is 367 g/mol. The first-order chi connectivity index (χ1) is 10.1. The second-order valence-corrected chi connectivity index (χ2v) is 8.74. The van der Waals surface area contributed by atoms with Crippen molar-refractivity contribution in [2.75, 3.05) is 11.9 Å². The molecule has 0 amide bonds. The number of nitrogens with one attached hydrogen (secondary N) is 1. The minimum absolute atomic E-state index is 0.493. The van der Waals surface area contributed by atoms with E-state index < -0.39 is 0 Å². The maximum absolute atomic E-state index is 4.71. The van der Waals surface area contributed by atoms with Gasteiger partial charge in [-0.15, -0.1) is 0 Å². The molecule has 0 spiro atoms. The SMILES string of the molecule is CC(C)CC1(CNc2nc3ccc(Br)cc3s2)CCCC1. The Labute approximate surface area is 139 Å². The summed E-state index contributed by atoms with van der Waals surface area (Å²) in [6.07, 6.45) is 6.85. The van der Waals surface area contributed by atoms with Crippen LogP contribution in [0.5, 0.6) is 0 Å². The lowest BCUT2D eigenvalue weighted by atomic mass is 9.78.